The number of hydrogen-bond acceptors (Lipinski definition) is 0. The van der Waals surface area contributed by atoms with Crippen molar-refractivity contribution in [2.45, 2.75) is 38.1 Å². The van der Waals surface area contributed by atoms with Gasteiger partial charge in [-0.2, -0.15) is 0 Å². The van der Waals surface area contributed by atoms with E-state index >= 15 is 0 Å². The van der Waals surface area contributed by atoms with E-state index in [1.54, 1.807) is 0 Å². The smallest absolute Gasteiger partial charge is 0.0330 e. The summed E-state index contributed by atoms with van der Waals surface area (Å²) in [5.74, 6) is 0. The van der Waals surface area contributed by atoms with Crippen LogP contribution in [0.1, 0.15) is 38.1 Å². The molecule has 60 valence electrons. The van der Waals surface area contributed by atoms with Crippen LogP contribution in [0.4, 0.5) is 0 Å². The second-order valence-corrected chi connectivity index (χ2v) is 3.42. The number of aromatic nitrogens is 1. The lowest BCUT2D eigenvalue weighted by Crippen LogP contribution is -2.10. The maximum Gasteiger partial charge on any atom is 0.0330 e. The molecule has 0 bridgehead atoms. The second-order valence-electron chi connectivity index (χ2n) is 3.42. The average molecular weight is 149 g/mol. The lowest BCUT2D eigenvalue weighted by atomic mass is 9.95. The number of hydrogen-bond donors (Lipinski definition) is 0. The van der Waals surface area contributed by atoms with Crippen LogP contribution in [0.25, 0.3) is 0 Å². The lowest BCUT2D eigenvalue weighted by molar-refractivity contribution is 0.354. The molecule has 1 nitrogen and oxygen atoms in total. The molecular formula is C10H15N. The molecule has 0 N–H and O–H groups in total. The van der Waals surface area contributed by atoms with Gasteiger partial charge in [-0.3, -0.25) is 0 Å². The van der Waals surface area contributed by atoms with Crippen molar-refractivity contribution in [2.75, 3.05) is 0 Å². The molecule has 0 radical (unpaired) electrons. The highest BCUT2D eigenvalue weighted by Gasteiger charge is 2.13. The van der Waals surface area contributed by atoms with Crippen LogP contribution in [0, 0.1) is 0 Å². The summed E-state index contributed by atoms with van der Waals surface area (Å²) in [5.41, 5.74) is 0. The molecule has 0 saturated heterocycles. The first kappa shape index (κ1) is 6.96. The predicted molar refractivity (Wildman–Crippen MR) is 46.6 cm³/mol. The van der Waals surface area contributed by atoms with E-state index in [9.17, 15) is 0 Å². The van der Waals surface area contributed by atoms with Crippen LogP contribution in [0.3, 0.4) is 0 Å². The van der Waals surface area contributed by atoms with Gasteiger partial charge in [0.25, 0.3) is 0 Å². The van der Waals surface area contributed by atoms with Gasteiger partial charge in [-0.25, -0.2) is 0 Å². The zero-order chi connectivity index (χ0) is 7.52. The Morgan fingerprint density at radius 3 is 2.18 bits per heavy atom. The third-order valence-electron chi connectivity index (χ3n) is 2.62. The van der Waals surface area contributed by atoms with Gasteiger partial charge >= 0.3 is 0 Å². The summed E-state index contributed by atoms with van der Waals surface area (Å²) < 4.78 is 2.36. The molecule has 1 aliphatic carbocycles. The maximum atomic E-state index is 2.36. The number of nitrogens with zero attached hydrogens (tertiary/aromatic N) is 1. The molecule has 1 saturated carbocycles. The van der Waals surface area contributed by atoms with Crippen LogP contribution >= 0.6 is 0 Å². The van der Waals surface area contributed by atoms with E-state index in [1.807, 2.05) is 0 Å². The van der Waals surface area contributed by atoms with Gasteiger partial charge in [0.15, 0.2) is 0 Å². The lowest BCUT2D eigenvalue weighted by Gasteiger charge is -2.22. The van der Waals surface area contributed by atoms with E-state index < -0.39 is 0 Å². The summed E-state index contributed by atoms with van der Waals surface area (Å²) in [4.78, 5) is 0. The normalized spacial score (nSPS) is 20.4. The first-order valence-electron chi connectivity index (χ1n) is 4.59. The summed E-state index contributed by atoms with van der Waals surface area (Å²) in [6.45, 7) is 0. The molecule has 0 atom stereocenters. The topological polar surface area (TPSA) is 4.93 Å². The van der Waals surface area contributed by atoms with Crippen LogP contribution in [0.5, 0.6) is 0 Å². The molecule has 1 heteroatoms. The van der Waals surface area contributed by atoms with Gasteiger partial charge in [0, 0.05) is 18.4 Å². The fourth-order valence-electron chi connectivity index (χ4n) is 1.97. The van der Waals surface area contributed by atoms with Crippen molar-refractivity contribution in [1.82, 2.24) is 4.57 Å². The van der Waals surface area contributed by atoms with Crippen LogP contribution < -0.4 is 0 Å². The molecule has 2 rings (SSSR count). The van der Waals surface area contributed by atoms with Crippen LogP contribution in [0.2, 0.25) is 0 Å². The van der Waals surface area contributed by atoms with Gasteiger partial charge < -0.3 is 4.57 Å². The molecule has 1 aromatic heterocycles. The molecule has 1 aromatic rings. The van der Waals surface area contributed by atoms with Crippen LogP contribution in [-0.4, -0.2) is 4.57 Å². The zero-order valence-electron chi connectivity index (χ0n) is 6.87. The highest BCUT2D eigenvalue weighted by atomic mass is 15.0. The average Bonchev–Trinajstić information content (AvgIpc) is 2.58. The maximum absolute atomic E-state index is 2.36. The summed E-state index contributed by atoms with van der Waals surface area (Å²) in [5, 5.41) is 0. The molecule has 0 aliphatic heterocycles. The summed E-state index contributed by atoms with van der Waals surface area (Å²) in [6.07, 6.45) is 11.4. The van der Waals surface area contributed by atoms with Crippen LogP contribution in [0.15, 0.2) is 24.5 Å². The Labute approximate surface area is 68.0 Å². The minimum Gasteiger partial charge on any atom is -0.351 e. The molecule has 0 spiro atoms. The molecular weight excluding hydrogens is 134 g/mol. The molecule has 0 unspecified atom stereocenters. The monoisotopic (exact) mass is 149 g/mol. The van der Waals surface area contributed by atoms with E-state index in [0.29, 0.717) is 0 Å². The Kier molecular flexibility index (Phi) is 1.97. The summed E-state index contributed by atoms with van der Waals surface area (Å²) in [7, 11) is 0. The van der Waals surface area contributed by atoms with Crippen molar-refractivity contribution in [3.63, 3.8) is 0 Å². The largest absolute Gasteiger partial charge is 0.351 e. The van der Waals surface area contributed by atoms with E-state index in [-0.39, 0.29) is 0 Å². The van der Waals surface area contributed by atoms with Gasteiger partial charge in [-0.1, -0.05) is 19.3 Å². The predicted octanol–water partition coefficient (Wildman–Crippen LogP) is 2.99. The van der Waals surface area contributed by atoms with Gasteiger partial charge in [0.1, 0.15) is 0 Å². The van der Waals surface area contributed by atoms with Crippen molar-refractivity contribution >= 4 is 0 Å². The summed E-state index contributed by atoms with van der Waals surface area (Å²) >= 11 is 0. The Morgan fingerprint density at radius 2 is 1.55 bits per heavy atom. The second kappa shape index (κ2) is 3.12. The Balaban J connectivity index is 2.04. The molecule has 1 fully saturated rings. The van der Waals surface area contributed by atoms with Gasteiger partial charge in [0.2, 0.25) is 0 Å². The fraction of sp³-hybridized carbons (Fsp3) is 0.600. The van der Waals surface area contributed by atoms with Crippen molar-refractivity contribution in [3.05, 3.63) is 24.5 Å². The Hall–Kier alpha value is -0.720. The van der Waals surface area contributed by atoms with Crippen molar-refractivity contribution < 1.29 is 0 Å². The molecule has 1 heterocycles. The molecule has 0 amide bonds. The van der Waals surface area contributed by atoms with Gasteiger partial charge in [0.05, 0.1) is 0 Å². The van der Waals surface area contributed by atoms with E-state index in [4.69, 9.17) is 0 Å². The Morgan fingerprint density at radius 1 is 0.909 bits per heavy atom. The van der Waals surface area contributed by atoms with E-state index in [2.05, 4.69) is 29.1 Å². The fourth-order valence-corrected chi connectivity index (χ4v) is 1.97. The minimum atomic E-state index is 0.804. The third kappa shape index (κ3) is 1.47. The highest BCUT2D eigenvalue weighted by Crippen LogP contribution is 2.27. The molecule has 1 aliphatic rings. The first-order chi connectivity index (χ1) is 5.47. The number of rotatable bonds is 1. The van der Waals surface area contributed by atoms with Crippen molar-refractivity contribution in [2.24, 2.45) is 0 Å². The standard InChI is InChI=1S/C10H15N/c1-2-6-10(7-3-1)11-8-4-5-9-11/h4-5,8-10H,1-3,6-7H2. The first-order valence-corrected chi connectivity index (χ1v) is 4.59. The van der Waals surface area contributed by atoms with Gasteiger partial charge in [-0.05, 0) is 25.0 Å². The van der Waals surface area contributed by atoms with Crippen molar-refractivity contribution in [3.8, 4) is 0 Å². The SMILES string of the molecule is c1ccn(C2CCCCC2)c1. The third-order valence-corrected chi connectivity index (χ3v) is 2.62. The van der Waals surface area contributed by atoms with Gasteiger partial charge in [-0.15, -0.1) is 0 Å². The quantitative estimate of drug-likeness (QED) is 0.578. The van der Waals surface area contributed by atoms with E-state index in [0.717, 1.165) is 6.04 Å². The zero-order valence-corrected chi connectivity index (χ0v) is 6.87. The van der Waals surface area contributed by atoms with E-state index in [1.165, 1.54) is 32.1 Å². The Bertz CT molecular complexity index is 195. The highest BCUT2D eigenvalue weighted by molar-refractivity contribution is 4.93. The van der Waals surface area contributed by atoms with Crippen LogP contribution in [-0.2, 0) is 0 Å². The molecule has 11 heavy (non-hydrogen) atoms. The van der Waals surface area contributed by atoms with Crippen molar-refractivity contribution in [1.29, 1.82) is 0 Å². The minimum absolute atomic E-state index is 0.804. The molecule has 0 aromatic carbocycles. The summed E-state index contributed by atoms with van der Waals surface area (Å²) in [6, 6.07) is 5.04.